The second-order valence-electron chi connectivity index (χ2n) is 5.43. The zero-order chi connectivity index (χ0) is 20.5. The van der Waals surface area contributed by atoms with Crippen LogP contribution in [0.5, 0.6) is 5.75 Å². The quantitative estimate of drug-likeness (QED) is 0.641. The molecule has 28 heavy (non-hydrogen) atoms. The van der Waals surface area contributed by atoms with Crippen LogP contribution in [-0.4, -0.2) is 35.0 Å². The molecular weight excluding hydrogens is 406 g/mol. The number of sulfonamides is 1. The molecule has 1 N–H and O–H groups in total. The molecule has 0 unspecified atom stereocenters. The van der Waals surface area contributed by atoms with Crippen molar-refractivity contribution in [1.82, 2.24) is 20.2 Å². The predicted octanol–water partition coefficient (Wildman–Crippen LogP) is 2.81. The van der Waals surface area contributed by atoms with Crippen molar-refractivity contribution < 1.29 is 30.7 Å². The number of nitrogens with zero attached hydrogens (tertiary/aromatic N) is 4. The fourth-order valence-electron chi connectivity index (χ4n) is 2.22. The predicted molar refractivity (Wildman–Crippen MR) is 87.8 cm³/mol. The fraction of sp³-hybridized carbons (Fsp3) is 0.133. The Bertz CT molecular complexity index is 1100. The summed E-state index contributed by atoms with van der Waals surface area (Å²) in [6, 6.07) is 7.01. The molecule has 0 aliphatic carbocycles. The van der Waals surface area contributed by atoms with Gasteiger partial charge in [0.05, 0.1) is 16.3 Å². The number of halogens is 4. The van der Waals surface area contributed by atoms with Gasteiger partial charge in [-0.25, -0.2) is 12.8 Å². The Balaban J connectivity index is 1.87. The third kappa shape index (κ3) is 4.36. The standard InChI is InChI=1S/C15H11F4N5O3S/c1-9-20-22-23-24(9)10-2-7-13(16)14(8-10)21-28(25,26)12-5-3-11(4-6-12)27-15(17,18)19/h2-8,21H,1H3. The Kier molecular flexibility index (Phi) is 4.93. The van der Waals surface area contributed by atoms with Crippen molar-refractivity contribution in [2.75, 3.05) is 4.72 Å². The van der Waals surface area contributed by atoms with E-state index in [1.165, 1.54) is 16.8 Å². The summed E-state index contributed by atoms with van der Waals surface area (Å²) in [6.45, 7) is 1.60. The molecule has 0 amide bonds. The lowest BCUT2D eigenvalue weighted by Crippen LogP contribution is -2.17. The number of hydrogen-bond donors (Lipinski definition) is 1. The van der Waals surface area contributed by atoms with Gasteiger partial charge in [0.1, 0.15) is 11.6 Å². The lowest BCUT2D eigenvalue weighted by atomic mass is 10.2. The molecule has 1 aromatic heterocycles. The molecule has 0 bridgehead atoms. The molecule has 0 saturated heterocycles. The number of hydrogen-bond acceptors (Lipinski definition) is 6. The molecule has 0 aliphatic heterocycles. The van der Waals surface area contributed by atoms with Gasteiger partial charge in [-0.15, -0.1) is 18.3 Å². The highest BCUT2D eigenvalue weighted by Crippen LogP contribution is 2.26. The number of benzene rings is 2. The number of rotatable bonds is 5. The average Bonchev–Trinajstić information content (AvgIpc) is 3.02. The van der Waals surface area contributed by atoms with Crippen molar-refractivity contribution in [2.24, 2.45) is 0 Å². The highest BCUT2D eigenvalue weighted by atomic mass is 32.2. The molecule has 2 aromatic carbocycles. The number of tetrazole rings is 1. The topological polar surface area (TPSA) is 99.0 Å². The Hall–Kier alpha value is -3.22. The maximum absolute atomic E-state index is 14.1. The maximum Gasteiger partial charge on any atom is 0.573 e. The highest BCUT2D eigenvalue weighted by Gasteiger charge is 2.31. The number of aromatic nitrogens is 4. The van der Waals surface area contributed by atoms with Crippen LogP contribution >= 0.6 is 0 Å². The van der Waals surface area contributed by atoms with E-state index in [0.29, 0.717) is 11.5 Å². The van der Waals surface area contributed by atoms with Crippen molar-refractivity contribution in [1.29, 1.82) is 0 Å². The van der Waals surface area contributed by atoms with E-state index >= 15 is 0 Å². The van der Waals surface area contributed by atoms with Crippen molar-refractivity contribution in [3.63, 3.8) is 0 Å². The van der Waals surface area contributed by atoms with Crippen molar-refractivity contribution >= 4 is 15.7 Å². The molecule has 0 aliphatic rings. The van der Waals surface area contributed by atoms with E-state index in [-0.39, 0.29) is 10.6 Å². The number of ether oxygens (including phenoxy) is 1. The van der Waals surface area contributed by atoms with Gasteiger partial charge in [-0.2, -0.15) is 4.68 Å². The molecule has 0 radical (unpaired) electrons. The average molecular weight is 417 g/mol. The molecule has 1 heterocycles. The summed E-state index contributed by atoms with van der Waals surface area (Å²) in [5.41, 5.74) is -0.0847. The van der Waals surface area contributed by atoms with Gasteiger partial charge in [-0.05, 0) is 59.8 Å². The summed E-state index contributed by atoms with van der Waals surface area (Å²) >= 11 is 0. The zero-order valence-electron chi connectivity index (χ0n) is 14.0. The fourth-order valence-corrected chi connectivity index (χ4v) is 3.28. The van der Waals surface area contributed by atoms with Gasteiger partial charge in [0, 0.05) is 0 Å². The number of alkyl halides is 3. The SMILES string of the molecule is Cc1nnnn1-c1ccc(F)c(NS(=O)(=O)c2ccc(OC(F)(F)F)cc2)c1. The zero-order valence-corrected chi connectivity index (χ0v) is 14.8. The minimum atomic E-state index is -4.91. The van der Waals surface area contributed by atoms with Crippen LogP contribution in [0.3, 0.4) is 0 Å². The van der Waals surface area contributed by atoms with Gasteiger partial charge in [0.15, 0.2) is 5.82 Å². The van der Waals surface area contributed by atoms with Crippen LogP contribution in [0.15, 0.2) is 47.4 Å². The van der Waals surface area contributed by atoms with Crippen LogP contribution < -0.4 is 9.46 Å². The monoisotopic (exact) mass is 417 g/mol. The molecule has 3 rings (SSSR count). The summed E-state index contributed by atoms with van der Waals surface area (Å²) < 4.78 is 82.5. The van der Waals surface area contributed by atoms with E-state index in [4.69, 9.17) is 0 Å². The van der Waals surface area contributed by atoms with Gasteiger partial charge < -0.3 is 4.74 Å². The van der Waals surface area contributed by atoms with Crippen molar-refractivity contribution in [3.8, 4) is 11.4 Å². The summed E-state index contributed by atoms with van der Waals surface area (Å²) in [4.78, 5) is -0.384. The molecule has 3 aromatic rings. The van der Waals surface area contributed by atoms with Crippen molar-refractivity contribution in [2.45, 2.75) is 18.2 Å². The Labute approximate surface area is 155 Å². The first-order chi connectivity index (χ1) is 13.0. The molecule has 8 nitrogen and oxygen atoms in total. The van der Waals surface area contributed by atoms with Crippen LogP contribution in [0.4, 0.5) is 23.2 Å². The van der Waals surface area contributed by atoms with Crippen LogP contribution in [0.2, 0.25) is 0 Å². The van der Waals surface area contributed by atoms with Crippen LogP contribution in [-0.2, 0) is 10.0 Å². The second kappa shape index (κ2) is 7.07. The first-order valence-corrected chi connectivity index (χ1v) is 8.97. The number of anilines is 1. The van der Waals surface area contributed by atoms with E-state index in [9.17, 15) is 26.0 Å². The second-order valence-corrected chi connectivity index (χ2v) is 7.11. The lowest BCUT2D eigenvalue weighted by molar-refractivity contribution is -0.274. The Morgan fingerprint density at radius 3 is 2.36 bits per heavy atom. The third-order valence-electron chi connectivity index (χ3n) is 3.43. The first kappa shape index (κ1) is 19.5. The van der Waals surface area contributed by atoms with E-state index < -0.39 is 28.0 Å². The largest absolute Gasteiger partial charge is 0.573 e. The smallest absolute Gasteiger partial charge is 0.406 e. The molecule has 0 saturated carbocycles. The van der Waals surface area contributed by atoms with Gasteiger partial charge in [0.25, 0.3) is 10.0 Å². The van der Waals surface area contributed by atoms with Crippen molar-refractivity contribution in [3.05, 3.63) is 54.1 Å². The van der Waals surface area contributed by atoms with Gasteiger partial charge in [-0.1, -0.05) is 0 Å². The van der Waals surface area contributed by atoms with E-state index in [1.54, 1.807) is 6.92 Å². The number of nitrogens with one attached hydrogen (secondary N) is 1. The van der Waals surface area contributed by atoms with Crippen LogP contribution in [0.25, 0.3) is 5.69 Å². The van der Waals surface area contributed by atoms with E-state index in [2.05, 4.69) is 20.3 Å². The van der Waals surface area contributed by atoms with Crippen LogP contribution in [0, 0.1) is 12.7 Å². The molecule has 0 atom stereocenters. The van der Waals surface area contributed by atoms with Gasteiger partial charge in [-0.3, -0.25) is 4.72 Å². The lowest BCUT2D eigenvalue weighted by Gasteiger charge is -2.12. The summed E-state index contributed by atoms with van der Waals surface area (Å²) in [6.07, 6.45) is -4.91. The normalized spacial score (nSPS) is 12.0. The number of aryl methyl sites for hydroxylation is 1. The third-order valence-corrected chi connectivity index (χ3v) is 4.81. The maximum atomic E-state index is 14.1. The first-order valence-electron chi connectivity index (χ1n) is 7.49. The van der Waals surface area contributed by atoms with Gasteiger partial charge in [0.2, 0.25) is 0 Å². The highest BCUT2D eigenvalue weighted by molar-refractivity contribution is 7.92. The minimum absolute atomic E-state index is 0.301. The molecule has 13 heteroatoms. The summed E-state index contributed by atoms with van der Waals surface area (Å²) in [5.74, 6) is -1.07. The molecule has 148 valence electrons. The molecule has 0 fully saturated rings. The Morgan fingerprint density at radius 2 is 1.79 bits per heavy atom. The minimum Gasteiger partial charge on any atom is -0.406 e. The van der Waals surface area contributed by atoms with Crippen LogP contribution in [0.1, 0.15) is 5.82 Å². The van der Waals surface area contributed by atoms with Gasteiger partial charge >= 0.3 is 6.36 Å². The molecule has 0 spiro atoms. The Morgan fingerprint density at radius 1 is 1.11 bits per heavy atom. The summed E-state index contributed by atoms with van der Waals surface area (Å²) in [5, 5.41) is 10.8. The van der Waals surface area contributed by atoms with E-state index in [0.717, 1.165) is 30.3 Å². The van der Waals surface area contributed by atoms with E-state index in [1.807, 2.05) is 4.72 Å². The molecular formula is C15H11F4N5O3S. The summed E-state index contributed by atoms with van der Waals surface area (Å²) in [7, 11) is -4.28.